The Kier molecular flexibility index (Phi) is 4.79. The third kappa shape index (κ3) is 3.56. The predicted octanol–water partition coefficient (Wildman–Crippen LogP) is 3.26. The lowest BCUT2D eigenvalue weighted by Crippen LogP contribution is -2.15. The molecule has 0 saturated heterocycles. The van der Waals surface area contributed by atoms with Gasteiger partial charge in [-0.1, -0.05) is 12.1 Å². The maximum absolute atomic E-state index is 14.1. The first-order chi connectivity index (χ1) is 10.8. The van der Waals surface area contributed by atoms with Gasteiger partial charge in [0.2, 0.25) is 0 Å². The Morgan fingerprint density at radius 1 is 1.00 bits per heavy atom. The molecule has 0 spiro atoms. The molecular formula is C16H18FNO4S. The molecule has 0 bridgehead atoms. The van der Waals surface area contributed by atoms with Crippen LogP contribution >= 0.6 is 0 Å². The Balaban J connectivity index is 2.47. The smallest absolute Gasteiger partial charge is 0.262 e. The summed E-state index contributed by atoms with van der Waals surface area (Å²) in [5.41, 5.74) is 1.16. The first-order valence-electron chi connectivity index (χ1n) is 6.80. The number of rotatable bonds is 5. The molecule has 23 heavy (non-hydrogen) atoms. The highest BCUT2D eigenvalue weighted by molar-refractivity contribution is 7.92. The van der Waals surface area contributed by atoms with Crippen molar-refractivity contribution in [1.82, 2.24) is 0 Å². The van der Waals surface area contributed by atoms with E-state index in [9.17, 15) is 12.8 Å². The van der Waals surface area contributed by atoms with Gasteiger partial charge < -0.3 is 9.47 Å². The van der Waals surface area contributed by atoms with Gasteiger partial charge in [-0.2, -0.15) is 0 Å². The van der Waals surface area contributed by atoms with Gasteiger partial charge in [-0.05, 0) is 31.0 Å². The first kappa shape index (κ1) is 17.1. The summed E-state index contributed by atoms with van der Waals surface area (Å²) < 4.78 is 51.5. The normalized spacial score (nSPS) is 11.2. The number of hydrogen-bond acceptors (Lipinski definition) is 4. The van der Waals surface area contributed by atoms with Crippen LogP contribution in [-0.4, -0.2) is 22.6 Å². The summed E-state index contributed by atoms with van der Waals surface area (Å²) in [7, 11) is -1.16. The Morgan fingerprint density at radius 3 is 2.22 bits per heavy atom. The van der Waals surface area contributed by atoms with Gasteiger partial charge in [0.05, 0.1) is 24.8 Å². The zero-order chi connectivity index (χ0) is 17.2. The van der Waals surface area contributed by atoms with E-state index in [2.05, 4.69) is 4.72 Å². The van der Waals surface area contributed by atoms with Crippen molar-refractivity contribution in [2.45, 2.75) is 18.7 Å². The van der Waals surface area contributed by atoms with E-state index in [1.54, 1.807) is 19.9 Å². The van der Waals surface area contributed by atoms with Crippen LogP contribution in [0.1, 0.15) is 11.1 Å². The number of nitrogens with one attached hydrogen (secondary N) is 1. The summed E-state index contributed by atoms with van der Waals surface area (Å²) in [5.74, 6) is -0.344. The predicted molar refractivity (Wildman–Crippen MR) is 86.2 cm³/mol. The molecule has 0 amide bonds. The maximum atomic E-state index is 14.1. The average molecular weight is 339 g/mol. The zero-order valence-corrected chi connectivity index (χ0v) is 14.1. The van der Waals surface area contributed by atoms with Gasteiger partial charge in [-0.25, -0.2) is 12.8 Å². The molecule has 0 aliphatic heterocycles. The van der Waals surface area contributed by atoms with Crippen LogP contribution in [0.4, 0.5) is 10.1 Å². The number of ether oxygens (including phenoxy) is 2. The Hall–Kier alpha value is -2.28. The van der Waals surface area contributed by atoms with E-state index in [-0.39, 0.29) is 22.1 Å². The highest BCUT2D eigenvalue weighted by Gasteiger charge is 2.20. The van der Waals surface area contributed by atoms with Gasteiger partial charge in [-0.15, -0.1) is 0 Å². The van der Waals surface area contributed by atoms with Crippen LogP contribution in [0.25, 0.3) is 0 Å². The number of benzene rings is 2. The van der Waals surface area contributed by atoms with Gasteiger partial charge >= 0.3 is 0 Å². The molecule has 2 rings (SSSR count). The van der Waals surface area contributed by atoms with Crippen LogP contribution < -0.4 is 14.2 Å². The maximum Gasteiger partial charge on any atom is 0.262 e. The van der Waals surface area contributed by atoms with Crippen LogP contribution in [0, 0.1) is 19.7 Å². The van der Waals surface area contributed by atoms with Gasteiger partial charge in [-0.3, -0.25) is 4.72 Å². The van der Waals surface area contributed by atoms with Crippen molar-refractivity contribution in [3.8, 4) is 11.5 Å². The molecule has 0 unspecified atom stereocenters. The second-order valence-corrected chi connectivity index (χ2v) is 6.71. The lowest BCUT2D eigenvalue weighted by Gasteiger charge is -2.14. The van der Waals surface area contributed by atoms with Gasteiger partial charge in [0.1, 0.15) is 0 Å². The summed E-state index contributed by atoms with van der Waals surface area (Å²) in [6.07, 6.45) is 0. The number of aryl methyl sites for hydroxylation is 2. The van der Waals surface area contributed by atoms with Crippen molar-refractivity contribution < 1.29 is 22.3 Å². The van der Waals surface area contributed by atoms with Crippen LogP contribution in [0.2, 0.25) is 0 Å². The molecule has 0 radical (unpaired) electrons. The molecule has 0 aliphatic rings. The number of hydrogen-bond donors (Lipinski definition) is 1. The van der Waals surface area contributed by atoms with Crippen molar-refractivity contribution >= 4 is 15.7 Å². The van der Waals surface area contributed by atoms with E-state index in [1.165, 1.54) is 26.4 Å². The number of methoxy groups -OCH3 is 2. The molecule has 2 aromatic rings. The Labute approximate surface area is 135 Å². The standard InChI is InChI=1S/C16H18FNO4S/c1-10-5-6-11(2)16(7-10)23(19,20)18-13-9-15(22-4)14(21-3)8-12(13)17/h5-9,18H,1-4H3. The van der Waals surface area contributed by atoms with E-state index in [1.807, 2.05) is 6.07 Å². The lowest BCUT2D eigenvalue weighted by molar-refractivity contribution is 0.353. The minimum Gasteiger partial charge on any atom is -0.493 e. The summed E-state index contributed by atoms with van der Waals surface area (Å²) in [6, 6.07) is 7.37. The fourth-order valence-electron chi connectivity index (χ4n) is 2.13. The molecule has 0 aliphatic carbocycles. The van der Waals surface area contributed by atoms with Crippen LogP contribution in [0.3, 0.4) is 0 Å². The number of sulfonamides is 1. The second kappa shape index (κ2) is 6.45. The zero-order valence-electron chi connectivity index (χ0n) is 13.3. The van der Waals surface area contributed by atoms with Gasteiger partial charge in [0, 0.05) is 12.1 Å². The third-order valence-electron chi connectivity index (χ3n) is 3.35. The van der Waals surface area contributed by atoms with Gasteiger partial charge in [0.25, 0.3) is 10.0 Å². The largest absolute Gasteiger partial charge is 0.493 e. The molecule has 7 heteroatoms. The molecule has 124 valence electrons. The van der Waals surface area contributed by atoms with Crippen LogP contribution in [0.5, 0.6) is 11.5 Å². The third-order valence-corrected chi connectivity index (χ3v) is 4.86. The summed E-state index contributed by atoms with van der Waals surface area (Å²) >= 11 is 0. The summed E-state index contributed by atoms with van der Waals surface area (Å²) in [5, 5.41) is 0. The van der Waals surface area contributed by atoms with Crippen LogP contribution in [-0.2, 0) is 10.0 Å². The highest BCUT2D eigenvalue weighted by Crippen LogP contribution is 2.33. The van der Waals surface area contributed by atoms with E-state index < -0.39 is 15.8 Å². The molecule has 1 N–H and O–H groups in total. The summed E-state index contributed by atoms with van der Waals surface area (Å²) in [4.78, 5) is 0.103. The quantitative estimate of drug-likeness (QED) is 0.908. The molecule has 0 saturated carbocycles. The number of anilines is 1. The Morgan fingerprint density at radius 2 is 1.61 bits per heavy atom. The van der Waals surface area contributed by atoms with E-state index >= 15 is 0 Å². The molecule has 0 aromatic heterocycles. The molecule has 5 nitrogen and oxygen atoms in total. The van der Waals surface area contributed by atoms with Crippen molar-refractivity contribution in [3.63, 3.8) is 0 Å². The molecule has 2 aromatic carbocycles. The van der Waals surface area contributed by atoms with E-state index in [4.69, 9.17) is 9.47 Å². The first-order valence-corrected chi connectivity index (χ1v) is 8.28. The van der Waals surface area contributed by atoms with E-state index in [0.717, 1.165) is 11.6 Å². The molecule has 0 heterocycles. The van der Waals surface area contributed by atoms with Crippen molar-refractivity contribution in [2.75, 3.05) is 18.9 Å². The van der Waals surface area contributed by atoms with Crippen molar-refractivity contribution in [1.29, 1.82) is 0 Å². The highest BCUT2D eigenvalue weighted by atomic mass is 32.2. The fraction of sp³-hybridized carbons (Fsp3) is 0.250. The monoisotopic (exact) mass is 339 g/mol. The van der Waals surface area contributed by atoms with Crippen molar-refractivity contribution in [2.24, 2.45) is 0 Å². The minimum absolute atomic E-state index is 0.103. The number of halogens is 1. The van der Waals surface area contributed by atoms with Gasteiger partial charge in [0.15, 0.2) is 17.3 Å². The lowest BCUT2D eigenvalue weighted by atomic mass is 10.2. The van der Waals surface area contributed by atoms with E-state index in [0.29, 0.717) is 5.56 Å². The minimum atomic E-state index is -3.92. The van der Waals surface area contributed by atoms with Crippen molar-refractivity contribution in [3.05, 3.63) is 47.3 Å². The SMILES string of the molecule is COc1cc(F)c(NS(=O)(=O)c2cc(C)ccc2C)cc1OC. The summed E-state index contributed by atoms with van der Waals surface area (Å²) in [6.45, 7) is 3.47. The second-order valence-electron chi connectivity index (χ2n) is 5.06. The van der Waals surface area contributed by atoms with Crippen LogP contribution in [0.15, 0.2) is 35.2 Å². The molecule has 0 fully saturated rings. The average Bonchev–Trinajstić information content (AvgIpc) is 2.50. The molecule has 0 atom stereocenters. The fourth-order valence-corrected chi connectivity index (χ4v) is 3.52. The molecular weight excluding hydrogens is 321 g/mol. The topological polar surface area (TPSA) is 64.6 Å². The Bertz CT molecular complexity index is 834.